The van der Waals surface area contributed by atoms with Gasteiger partial charge in [-0.15, -0.1) is 11.6 Å². The van der Waals surface area contributed by atoms with E-state index in [2.05, 4.69) is 11.8 Å². The van der Waals surface area contributed by atoms with Gasteiger partial charge in [-0.1, -0.05) is 0 Å². The maximum Gasteiger partial charge on any atom is 0.514 e. The number of carbonyl (C=O) groups is 2. The van der Waals surface area contributed by atoms with Gasteiger partial charge in [0.05, 0.1) is 11.4 Å². The zero-order valence-corrected chi connectivity index (χ0v) is 16.4. The van der Waals surface area contributed by atoms with Crippen LogP contribution < -0.4 is 14.5 Å². The van der Waals surface area contributed by atoms with E-state index in [1.54, 1.807) is 37.8 Å². The summed E-state index contributed by atoms with van der Waals surface area (Å²) in [6.07, 6.45) is 1.54. The van der Waals surface area contributed by atoms with Crippen LogP contribution in [-0.2, 0) is 9.53 Å². The Balaban J connectivity index is 1.90. The Hall–Kier alpha value is -1.95. The third kappa shape index (κ3) is 4.06. The fourth-order valence-electron chi connectivity index (χ4n) is 3.27. The van der Waals surface area contributed by atoms with Crippen LogP contribution in [-0.4, -0.2) is 42.2 Å². The van der Waals surface area contributed by atoms with Gasteiger partial charge in [0.15, 0.2) is 0 Å². The van der Waals surface area contributed by atoms with Crippen molar-refractivity contribution in [1.29, 1.82) is 0 Å². The Kier molecular flexibility index (Phi) is 5.06. The standard InChI is InChI=1S/C19H25ClN2O4/c1-12-11-21(17(23)10-20)16-9-14(25-18(24)26-19(2,3)4)7-8-15(16)22(12)13-5-6-13/h7-9,12-13H,5-6,10-11H2,1-4H3. The molecule has 26 heavy (non-hydrogen) atoms. The molecule has 0 aromatic heterocycles. The van der Waals surface area contributed by atoms with E-state index >= 15 is 0 Å². The van der Waals surface area contributed by atoms with Gasteiger partial charge in [-0.25, -0.2) is 4.79 Å². The number of rotatable bonds is 3. The van der Waals surface area contributed by atoms with Gasteiger partial charge < -0.3 is 19.3 Å². The van der Waals surface area contributed by atoms with Crippen LogP contribution >= 0.6 is 11.6 Å². The van der Waals surface area contributed by atoms with Crippen molar-refractivity contribution < 1.29 is 19.1 Å². The molecule has 6 nitrogen and oxygen atoms in total. The van der Waals surface area contributed by atoms with Gasteiger partial charge in [-0.3, -0.25) is 4.79 Å². The number of hydrogen-bond donors (Lipinski definition) is 0. The normalized spacial score (nSPS) is 19.8. The van der Waals surface area contributed by atoms with Crippen LogP contribution in [0.5, 0.6) is 5.75 Å². The smallest absolute Gasteiger partial charge is 0.428 e. The van der Waals surface area contributed by atoms with E-state index < -0.39 is 11.8 Å². The second-order valence-corrected chi connectivity index (χ2v) is 8.11. The first-order chi connectivity index (χ1) is 12.2. The van der Waals surface area contributed by atoms with Crippen molar-refractivity contribution >= 4 is 35.0 Å². The SMILES string of the molecule is CC1CN(C(=O)CCl)c2cc(OC(=O)OC(C)(C)C)ccc2N1C1CC1. The fourth-order valence-corrected chi connectivity index (χ4v) is 3.42. The first-order valence-corrected chi connectivity index (χ1v) is 9.42. The van der Waals surface area contributed by atoms with Gasteiger partial charge >= 0.3 is 6.16 Å². The Morgan fingerprint density at radius 3 is 2.50 bits per heavy atom. The van der Waals surface area contributed by atoms with Crippen LogP contribution in [0.15, 0.2) is 18.2 Å². The summed E-state index contributed by atoms with van der Waals surface area (Å²) in [7, 11) is 0. The first-order valence-electron chi connectivity index (χ1n) is 8.89. The van der Waals surface area contributed by atoms with E-state index in [4.69, 9.17) is 21.1 Å². The van der Waals surface area contributed by atoms with Crippen molar-refractivity contribution in [3.8, 4) is 5.75 Å². The molecule has 1 aliphatic carbocycles. The zero-order valence-electron chi connectivity index (χ0n) is 15.6. The molecule has 1 aromatic rings. The summed E-state index contributed by atoms with van der Waals surface area (Å²) in [5, 5.41) is 0. The van der Waals surface area contributed by atoms with Crippen molar-refractivity contribution in [3.05, 3.63) is 18.2 Å². The maximum absolute atomic E-state index is 12.3. The highest BCUT2D eigenvalue weighted by atomic mass is 35.5. The number of benzene rings is 1. The van der Waals surface area contributed by atoms with Gasteiger partial charge in [0.25, 0.3) is 0 Å². The first kappa shape index (κ1) is 18.8. The van der Waals surface area contributed by atoms with Crippen molar-refractivity contribution in [2.24, 2.45) is 0 Å². The van der Waals surface area contributed by atoms with Crippen molar-refractivity contribution in [2.75, 3.05) is 22.2 Å². The lowest BCUT2D eigenvalue weighted by Gasteiger charge is -2.42. The number of alkyl halides is 1. The van der Waals surface area contributed by atoms with E-state index in [9.17, 15) is 9.59 Å². The van der Waals surface area contributed by atoms with E-state index in [0.717, 1.165) is 24.2 Å². The lowest BCUT2D eigenvalue weighted by molar-refractivity contribution is -0.116. The summed E-state index contributed by atoms with van der Waals surface area (Å²) in [5.74, 6) is 0.0903. The summed E-state index contributed by atoms with van der Waals surface area (Å²) < 4.78 is 10.5. The Labute approximate surface area is 159 Å². The van der Waals surface area contributed by atoms with Crippen LogP contribution in [0.3, 0.4) is 0 Å². The number of amides is 1. The Bertz CT molecular complexity index is 712. The Morgan fingerprint density at radius 2 is 1.92 bits per heavy atom. The topological polar surface area (TPSA) is 59.1 Å². The van der Waals surface area contributed by atoms with Crippen LogP contribution in [0, 0.1) is 0 Å². The van der Waals surface area contributed by atoms with Gasteiger partial charge in [0.2, 0.25) is 5.91 Å². The highest BCUT2D eigenvalue weighted by Crippen LogP contribution is 2.43. The molecule has 0 N–H and O–H groups in total. The quantitative estimate of drug-likeness (QED) is 0.451. The van der Waals surface area contributed by atoms with Gasteiger partial charge in [-0.05, 0) is 52.7 Å². The van der Waals surface area contributed by atoms with Crippen molar-refractivity contribution in [2.45, 2.75) is 58.2 Å². The molecule has 1 saturated carbocycles. The number of anilines is 2. The predicted octanol–water partition coefficient (Wildman–Crippen LogP) is 3.94. The average Bonchev–Trinajstić information content (AvgIpc) is 3.36. The average molecular weight is 381 g/mol. The van der Waals surface area contributed by atoms with E-state index in [1.165, 1.54) is 0 Å². The fraction of sp³-hybridized carbons (Fsp3) is 0.579. The predicted molar refractivity (Wildman–Crippen MR) is 101 cm³/mol. The summed E-state index contributed by atoms with van der Waals surface area (Å²) in [6.45, 7) is 8.00. The van der Waals surface area contributed by atoms with Crippen LogP contribution in [0.1, 0.15) is 40.5 Å². The molecule has 3 rings (SSSR count). The minimum atomic E-state index is -0.768. The monoisotopic (exact) mass is 380 g/mol. The van der Waals surface area contributed by atoms with E-state index in [-0.39, 0.29) is 17.8 Å². The number of nitrogens with zero attached hydrogens (tertiary/aromatic N) is 2. The van der Waals surface area contributed by atoms with Crippen LogP contribution in [0.25, 0.3) is 0 Å². The summed E-state index contributed by atoms with van der Waals surface area (Å²) in [4.78, 5) is 28.3. The second kappa shape index (κ2) is 6.99. The number of hydrogen-bond acceptors (Lipinski definition) is 5. The molecule has 1 atom stereocenters. The van der Waals surface area contributed by atoms with E-state index in [0.29, 0.717) is 18.3 Å². The molecule has 1 amide bonds. The molecular weight excluding hydrogens is 356 g/mol. The lowest BCUT2D eigenvalue weighted by Crippen LogP contribution is -2.51. The number of fused-ring (bicyclic) bond motifs is 1. The summed E-state index contributed by atoms with van der Waals surface area (Å²) in [5.41, 5.74) is 1.06. The molecule has 142 valence electrons. The summed E-state index contributed by atoms with van der Waals surface area (Å²) in [6, 6.07) is 6.07. The van der Waals surface area contributed by atoms with Crippen LogP contribution in [0.4, 0.5) is 16.2 Å². The molecular formula is C19H25ClN2O4. The van der Waals surface area contributed by atoms with E-state index in [1.807, 2.05) is 6.07 Å². The molecule has 0 radical (unpaired) electrons. The third-order valence-corrected chi connectivity index (χ3v) is 4.61. The molecule has 1 unspecified atom stereocenters. The minimum Gasteiger partial charge on any atom is -0.428 e. The van der Waals surface area contributed by atoms with Crippen LogP contribution in [0.2, 0.25) is 0 Å². The lowest BCUT2D eigenvalue weighted by atomic mass is 10.1. The highest BCUT2D eigenvalue weighted by Gasteiger charge is 2.39. The third-order valence-electron chi connectivity index (χ3n) is 4.38. The molecule has 7 heteroatoms. The Morgan fingerprint density at radius 1 is 1.23 bits per heavy atom. The van der Waals surface area contributed by atoms with Gasteiger partial charge in [0.1, 0.15) is 17.2 Å². The maximum atomic E-state index is 12.3. The molecule has 2 aliphatic rings. The largest absolute Gasteiger partial charge is 0.514 e. The number of halogens is 1. The van der Waals surface area contributed by atoms with Gasteiger partial charge in [-0.2, -0.15) is 0 Å². The molecule has 0 saturated heterocycles. The second-order valence-electron chi connectivity index (χ2n) is 7.84. The van der Waals surface area contributed by atoms with Crippen molar-refractivity contribution in [1.82, 2.24) is 0 Å². The number of ether oxygens (including phenoxy) is 2. The zero-order chi connectivity index (χ0) is 19.1. The van der Waals surface area contributed by atoms with Crippen molar-refractivity contribution in [3.63, 3.8) is 0 Å². The highest BCUT2D eigenvalue weighted by molar-refractivity contribution is 6.29. The number of carbonyl (C=O) groups excluding carboxylic acids is 2. The minimum absolute atomic E-state index is 0.0905. The summed E-state index contributed by atoms with van der Waals surface area (Å²) >= 11 is 5.80. The van der Waals surface area contributed by atoms with Gasteiger partial charge in [0, 0.05) is 24.7 Å². The molecule has 1 aliphatic heterocycles. The molecule has 1 aromatic carbocycles. The molecule has 1 fully saturated rings. The molecule has 0 bridgehead atoms. The molecule has 0 spiro atoms. The molecule has 1 heterocycles.